The first-order valence-electron chi connectivity index (χ1n) is 8.10. The number of rotatable bonds is 3. The van der Waals surface area contributed by atoms with Crippen LogP contribution in [0.3, 0.4) is 0 Å². The lowest BCUT2D eigenvalue weighted by Crippen LogP contribution is -2.13. The summed E-state index contributed by atoms with van der Waals surface area (Å²) in [6.45, 7) is 9.90. The lowest BCUT2D eigenvalue weighted by atomic mass is 10.1. The Morgan fingerprint density at radius 2 is 1.56 bits per heavy atom. The topological polar surface area (TPSA) is 72.7 Å². The van der Waals surface area contributed by atoms with Crippen molar-refractivity contribution in [3.63, 3.8) is 0 Å². The number of benzene rings is 1. The first kappa shape index (κ1) is 16.8. The molecule has 0 radical (unpaired) electrons. The first-order chi connectivity index (χ1) is 11.8. The highest BCUT2D eigenvalue weighted by atomic mass is 16.1. The van der Waals surface area contributed by atoms with Gasteiger partial charge in [0, 0.05) is 11.3 Å². The van der Waals surface area contributed by atoms with E-state index in [1.807, 2.05) is 52.8 Å². The molecule has 6 nitrogen and oxygen atoms in total. The molecule has 2 aromatic heterocycles. The Kier molecular flexibility index (Phi) is 4.35. The van der Waals surface area contributed by atoms with Gasteiger partial charge in [0.2, 0.25) is 0 Å². The summed E-state index contributed by atoms with van der Waals surface area (Å²) in [6, 6.07) is 5.75. The maximum absolute atomic E-state index is 12.4. The molecule has 0 fully saturated rings. The fourth-order valence-electron chi connectivity index (χ4n) is 2.72. The normalized spacial score (nSPS) is 10.8. The summed E-state index contributed by atoms with van der Waals surface area (Å²) in [6.07, 6.45) is 3.18. The van der Waals surface area contributed by atoms with Crippen LogP contribution >= 0.6 is 0 Å². The summed E-state index contributed by atoms with van der Waals surface area (Å²) in [5.74, 6) is 0.309. The largest absolute Gasteiger partial charge is 0.319 e. The van der Waals surface area contributed by atoms with Crippen LogP contribution < -0.4 is 5.32 Å². The van der Waals surface area contributed by atoms with Crippen LogP contribution in [-0.4, -0.2) is 25.7 Å². The molecule has 0 bridgehead atoms. The molecule has 25 heavy (non-hydrogen) atoms. The molecule has 128 valence electrons. The van der Waals surface area contributed by atoms with E-state index >= 15 is 0 Å². The standard InChI is InChI=1S/C19H21N5O/c1-11-6-12(2)8-16(7-11)18(25)22-17-9-20-19(21-10-17)24-15(5)13(3)14(4)23-24/h6-10H,1-5H3,(H,22,25). The van der Waals surface area contributed by atoms with Crippen LogP contribution in [0.4, 0.5) is 5.69 Å². The second-order valence-corrected chi connectivity index (χ2v) is 6.31. The zero-order chi connectivity index (χ0) is 18.1. The highest BCUT2D eigenvalue weighted by Crippen LogP contribution is 2.16. The Labute approximate surface area is 146 Å². The number of nitrogens with zero attached hydrogens (tertiary/aromatic N) is 4. The third-order valence-corrected chi connectivity index (χ3v) is 4.22. The van der Waals surface area contributed by atoms with Gasteiger partial charge >= 0.3 is 0 Å². The fourth-order valence-corrected chi connectivity index (χ4v) is 2.72. The molecule has 1 amide bonds. The lowest BCUT2D eigenvalue weighted by Gasteiger charge is -2.08. The quantitative estimate of drug-likeness (QED) is 0.795. The van der Waals surface area contributed by atoms with Crippen LogP contribution in [0.15, 0.2) is 30.6 Å². The van der Waals surface area contributed by atoms with Crippen LogP contribution in [0.1, 0.15) is 38.4 Å². The van der Waals surface area contributed by atoms with Crippen LogP contribution in [0.5, 0.6) is 0 Å². The molecule has 6 heteroatoms. The summed E-state index contributed by atoms with van der Waals surface area (Å²) in [7, 11) is 0. The molecule has 0 atom stereocenters. The predicted molar refractivity (Wildman–Crippen MR) is 97.2 cm³/mol. The minimum absolute atomic E-state index is 0.176. The molecule has 1 aromatic carbocycles. The number of nitrogens with one attached hydrogen (secondary N) is 1. The SMILES string of the molecule is Cc1cc(C)cc(C(=O)Nc2cnc(-n3nc(C)c(C)c3C)nc2)c1. The predicted octanol–water partition coefficient (Wildman–Crippen LogP) is 3.46. The van der Waals surface area contributed by atoms with Crippen molar-refractivity contribution in [2.24, 2.45) is 0 Å². The van der Waals surface area contributed by atoms with Gasteiger partial charge in [0.25, 0.3) is 11.9 Å². The molecule has 3 aromatic rings. The second-order valence-electron chi connectivity index (χ2n) is 6.31. The smallest absolute Gasteiger partial charge is 0.255 e. The van der Waals surface area contributed by atoms with E-state index < -0.39 is 0 Å². The van der Waals surface area contributed by atoms with E-state index in [4.69, 9.17) is 0 Å². The molecule has 0 aliphatic heterocycles. The van der Waals surface area contributed by atoms with Gasteiger partial charge in [-0.05, 0) is 52.3 Å². The number of hydrogen-bond donors (Lipinski definition) is 1. The zero-order valence-corrected chi connectivity index (χ0v) is 15.1. The number of aromatic nitrogens is 4. The Morgan fingerprint density at radius 1 is 0.960 bits per heavy atom. The Morgan fingerprint density at radius 3 is 2.08 bits per heavy atom. The van der Waals surface area contributed by atoms with Gasteiger partial charge in [0.1, 0.15) is 0 Å². The Bertz CT molecular complexity index is 921. The fraction of sp³-hybridized carbons (Fsp3) is 0.263. The maximum Gasteiger partial charge on any atom is 0.255 e. The van der Waals surface area contributed by atoms with Crippen LogP contribution in [0, 0.1) is 34.6 Å². The van der Waals surface area contributed by atoms with Crippen LogP contribution in [0.2, 0.25) is 0 Å². The van der Waals surface area contributed by atoms with Crippen molar-refractivity contribution in [3.05, 3.63) is 64.2 Å². The number of carbonyl (C=O) groups excluding carboxylic acids is 1. The van der Waals surface area contributed by atoms with Gasteiger partial charge in [-0.2, -0.15) is 5.10 Å². The zero-order valence-electron chi connectivity index (χ0n) is 15.1. The lowest BCUT2D eigenvalue weighted by molar-refractivity contribution is 0.102. The van der Waals surface area contributed by atoms with Gasteiger partial charge in [0.05, 0.1) is 23.8 Å². The van der Waals surface area contributed by atoms with Gasteiger partial charge in [-0.3, -0.25) is 4.79 Å². The molecule has 0 unspecified atom stereocenters. The number of aryl methyl sites for hydroxylation is 3. The number of anilines is 1. The number of hydrogen-bond acceptors (Lipinski definition) is 4. The average Bonchev–Trinajstić information content (AvgIpc) is 2.82. The first-order valence-corrected chi connectivity index (χ1v) is 8.10. The summed E-state index contributed by atoms with van der Waals surface area (Å²) in [5, 5.41) is 7.27. The van der Waals surface area contributed by atoms with E-state index in [2.05, 4.69) is 20.4 Å². The molecular weight excluding hydrogens is 314 g/mol. The number of carbonyl (C=O) groups is 1. The molecule has 1 N–H and O–H groups in total. The third kappa shape index (κ3) is 3.42. The van der Waals surface area contributed by atoms with E-state index in [1.54, 1.807) is 17.1 Å². The van der Waals surface area contributed by atoms with E-state index in [0.29, 0.717) is 17.2 Å². The molecular formula is C19H21N5O. The van der Waals surface area contributed by atoms with E-state index in [-0.39, 0.29) is 5.91 Å². The number of amides is 1. The monoisotopic (exact) mass is 335 g/mol. The maximum atomic E-state index is 12.4. The minimum atomic E-state index is -0.176. The molecule has 3 rings (SSSR count). The van der Waals surface area contributed by atoms with E-state index in [9.17, 15) is 4.79 Å². The van der Waals surface area contributed by atoms with Gasteiger partial charge in [-0.1, -0.05) is 17.2 Å². The highest BCUT2D eigenvalue weighted by molar-refractivity contribution is 6.04. The summed E-state index contributed by atoms with van der Waals surface area (Å²) in [5.41, 5.74) is 6.35. The van der Waals surface area contributed by atoms with Crippen molar-refractivity contribution in [3.8, 4) is 5.95 Å². The van der Waals surface area contributed by atoms with Gasteiger partial charge in [-0.25, -0.2) is 14.6 Å². The van der Waals surface area contributed by atoms with Crippen molar-refractivity contribution in [2.45, 2.75) is 34.6 Å². The highest BCUT2D eigenvalue weighted by Gasteiger charge is 2.12. The summed E-state index contributed by atoms with van der Waals surface area (Å²) >= 11 is 0. The average molecular weight is 335 g/mol. The van der Waals surface area contributed by atoms with E-state index in [1.165, 1.54) is 0 Å². The Balaban J connectivity index is 1.80. The van der Waals surface area contributed by atoms with Crippen molar-refractivity contribution in [2.75, 3.05) is 5.32 Å². The van der Waals surface area contributed by atoms with Crippen molar-refractivity contribution in [1.29, 1.82) is 0 Å². The van der Waals surface area contributed by atoms with Gasteiger partial charge in [-0.15, -0.1) is 0 Å². The molecule has 0 spiro atoms. The molecule has 0 saturated heterocycles. The van der Waals surface area contributed by atoms with Crippen molar-refractivity contribution < 1.29 is 4.79 Å². The molecule has 0 aliphatic carbocycles. The summed E-state index contributed by atoms with van der Waals surface area (Å²) < 4.78 is 1.71. The molecule has 0 aliphatic rings. The molecule has 0 saturated carbocycles. The second kappa shape index (κ2) is 6.47. The van der Waals surface area contributed by atoms with Crippen molar-refractivity contribution in [1.82, 2.24) is 19.7 Å². The van der Waals surface area contributed by atoms with Crippen LogP contribution in [-0.2, 0) is 0 Å². The third-order valence-electron chi connectivity index (χ3n) is 4.22. The van der Waals surface area contributed by atoms with E-state index in [0.717, 1.165) is 28.1 Å². The minimum Gasteiger partial charge on any atom is -0.319 e. The van der Waals surface area contributed by atoms with Gasteiger partial charge < -0.3 is 5.32 Å². The molecule has 2 heterocycles. The van der Waals surface area contributed by atoms with Crippen molar-refractivity contribution >= 4 is 11.6 Å². The van der Waals surface area contributed by atoms with Gasteiger partial charge in [0.15, 0.2) is 0 Å². The Hall–Kier alpha value is -3.02. The summed E-state index contributed by atoms with van der Waals surface area (Å²) in [4.78, 5) is 21.0. The van der Waals surface area contributed by atoms with Crippen LogP contribution in [0.25, 0.3) is 5.95 Å².